The first-order valence-corrected chi connectivity index (χ1v) is 13.4. The van der Waals surface area contributed by atoms with Crippen molar-refractivity contribution in [1.29, 1.82) is 0 Å². The molecule has 0 aliphatic heterocycles. The second kappa shape index (κ2) is 11.6. The van der Waals surface area contributed by atoms with Gasteiger partial charge in [0.2, 0.25) is 0 Å². The molecule has 11 heteroatoms. The first-order valence-electron chi connectivity index (χ1n) is 13.4. The minimum atomic E-state index is -4.55. The summed E-state index contributed by atoms with van der Waals surface area (Å²) >= 11 is 0. The Labute approximate surface area is 241 Å². The Morgan fingerprint density at radius 3 is 2.36 bits per heavy atom. The highest BCUT2D eigenvalue weighted by atomic mass is 19.4. The minimum Gasteiger partial charge on any atom is -0.495 e. The summed E-state index contributed by atoms with van der Waals surface area (Å²) in [6.07, 6.45) is -1.21. The zero-order chi connectivity index (χ0) is 31.0. The molecule has 6 N–H and O–H groups in total. The third-order valence-electron chi connectivity index (χ3n) is 7.22. The molecule has 2 aromatic carbocycles. The largest absolute Gasteiger partial charge is 0.495 e. The smallest absolute Gasteiger partial charge is 0.416 e. The number of pyridine rings is 1. The number of amides is 1. The van der Waals surface area contributed by atoms with Gasteiger partial charge in [0, 0.05) is 46.1 Å². The number of alkyl halides is 3. The van der Waals surface area contributed by atoms with E-state index >= 15 is 4.39 Å². The van der Waals surface area contributed by atoms with Crippen LogP contribution in [0.1, 0.15) is 72.3 Å². The molecule has 1 unspecified atom stereocenters. The number of allylic oxidation sites excluding steroid dienone is 1. The van der Waals surface area contributed by atoms with Gasteiger partial charge < -0.3 is 26.6 Å². The van der Waals surface area contributed by atoms with Crippen molar-refractivity contribution < 1.29 is 32.2 Å². The number of nitrogens with one attached hydrogen (secondary N) is 1. The van der Waals surface area contributed by atoms with Crippen LogP contribution in [-0.4, -0.2) is 29.7 Å². The first kappa shape index (κ1) is 30.8. The standard InChI is InChI=1S/C31H34F4N4O3/c1-16(36)11-19-12-20(13-25(42-4)27(19)37)29(40)38-15-22(17-5-6-17)24-14-23(30(2,3)41)26(32)28(39-24)18-7-9-21(10-8-18)31(33,34)35/h7-14,17,22,41H,5-6,15,36-37H2,1-4H3,(H,38,40)/b16-11-. The Kier molecular flexibility index (Phi) is 8.54. The fourth-order valence-electron chi connectivity index (χ4n) is 4.82. The van der Waals surface area contributed by atoms with Gasteiger partial charge in [0.05, 0.1) is 24.0 Å². The van der Waals surface area contributed by atoms with Gasteiger partial charge in [-0.15, -0.1) is 0 Å². The number of aromatic nitrogens is 1. The summed E-state index contributed by atoms with van der Waals surface area (Å²) in [6.45, 7) is 4.68. The number of nitrogens with two attached hydrogens (primary N) is 2. The first-order chi connectivity index (χ1) is 19.6. The third kappa shape index (κ3) is 6.84. The van der Waals surface area contributed by atoms with Crippen molar-refractivity contribution in [3.8, 4) is 17.0 Å². The van der Waals surface area contributed by atoms with E-state index in [1.54, 1.807) is 19.1 Å². The lowest BCUT2D eigenvalue weighted by atomic mass is 9.90. The number of carbonyl (C=O) groups excluding carboxylic acids is 1. The lowest BCUT2D eigenvalue weighted by Gasteiger charge is -2.24. The number of halogens is 4. The van der Waals surface area contributed by atoms with E-state index in [1.807, 2.05) is 0 Å². The molecule has 1 atom stereocenters. The van der Waals surface area contributed by atoms with Crippen molar-refractivity contribution in [2.45, 2.75) is 51.3 Å². The van der Waals surface area contributed by atoms with Gasteiger partial charge in [-0.1, -0.05) is 12.1 Å². The van der Waals surface area contributed by atoms with Gasteiger partial charge >= 0.3 is 6.18 Å². The van der Waals surface area contributed by atoms with Crippen LogP contribution in [-0.2, 0) is 11.8 Å². The highest BCUT2D eigenvalue weighted by molar-refractivity contribution is 5.96. The molecule has 7 nitrogen and oxygen atoms in total. The number of benzene rings is 2. The summed E-state index contributed by atoms with van der Waals surface area (Å²) in [4.78, 5) is 17.8. The van der Waals surface area contributed by atoms with Crippen LogP contribution in [0.2, 0.25) is 0 Å². The van der Waals surface area contributed by atoms with E-state index < -0.39 is 29.1 Å². The third-order valence-corrected chi connectivity index (χ3v) is 7.22. The summed E-state index contributed by atoms with van der Waals surface area (Å²) in [6, 6.07) is 8.63. The molecule has 1 aliphatic carbocycles. The molecular weight excluding hydrogens is 552 g/mol. The molecule has 1 aromatic heterocycles. The monoisotopic (exact) mass is 586 g/mol. The van der Waals surface area contributed by atoms with Crippen LogP contribution in [0, 0.1) is 11.7 Å². The molecule has 4 rings (SSSR count). The number of ether oxygens (including phenoxy) is 1. The second-order valence-corrected chi connectivity index (χ2v) is 11.1. The maximum atomic E-state index is 15.7. The van der Waals surface area contributed by atoms with Crippen LogP contribution in [0.4, 0.5) is 23.2 Å². The molecule has 0 bridgehead atoms. The quantitative estimate of drug-likeness (QED) is 0.181. The predicted octanol–water partition coefficient (Wildman–Crippen LogP) is 5.97. The molecule has 1 heterocycles. The van der Waals surface area contributed by atoms with Crippen LogP contribution >= 0.6 is 0 Å². The predicted molar refractivity (Wildman–Crippen MR) is 153 cm³/mol. The number of anilines is 1. The number of aliphatic hydroxyl groups is 1. The fourth-order valence-corrected chi connectivity index (χ4v) is 4.82. The number of nitrogens with zero attached hydrogens (tertiary/aromatic N) is 1. The van der Waals surface area contributed by atoms with Crippen LogP contribution in [0.3, 0.4) is 0 Å². The Morgan fingerprint density at radius 2 is 1.83 bits per heavy atom. The van der Waals surface area contributed by atoms with Crippen LogP contribution in [0.25, 0.3) is 17.3 Å². The second-order valence-electron chi connectivity index (χ2n) is 11.1. The number of hydrogen-bond donors (Lipinski definition) is 4. The Hall–Kier alpha value is -4.12. The number of methoxy groups -OCH3 is 1. The SMILES string of the molecule is COc1cc(C(=O)NCC(c2cc(C(C)(C)O)c(F)c(-c3ccc(C(F)(F)F)cc3)n2)C2CC2)cc(/C=C(/C)N)c1N. The van der Waals surface area contributed by atoms with E-state index in [9.17, 15) is 23.1 Å². The summed E-state index contributed by atoms with van der Waals surface area (Å²) in [5.41, 5.74) is 11.4. The Balaban J connectivity index is 1.69. The zero-order valence-electron chi connectivity index (χ0n) is 23.8. The van der Waals surface area contributed by atoms with Crippen LogP contribution < -0.4 is 21.5 Å². The lowest BCUT2D eigenvalue weighted by Crippen LogP contribution is -2.30. The summed E-state index contributed by atoms with van der Waals surface area (Å²) < 4.78 is 60.4. The van der Waals surface area contributed by atoms with Gasteiger partial charge in [0.1, 0.15) is 11.4 Å². The van der Waals surface area contributed by atoms with E-state index in [0.29, 0.717) is 28.4 Å². The molecule has 224 valence electrons. The van der Waals surface area contributed by atoms with Crippen molar-refractivity contribution in [2.75, 3.05) is 19.4 Å². The molecule has 1 amide bonds. The topological polar surface area (TPSA) is 123 Å². The number of hydrogen-bond acceptors (Lipinski definition) is 6. The van der Waals surface area contributed by atoms with Crippen LogP contribution in [0.5, 0.6) is 5.75 Å². The van der Waals surface area contributed by atoms with Gasteiger partial charge in [0.25, 0.3) is 5.91 Å². The van der Waals surface area contributed by atoms with Crippen molar-refractivity contribution in [2.24, 2.45) is 11.7 Å². The molecule has 1 saturated carbocycles. The van der Waals surface area contributed by atoms with Gasteiger partial charge in [-0.05, 0) is 75.9 Å². The molecule has 3 aromatic rings. The van der Waals surface area contributed by atoms with Crippen molar-refractivity contribution in [3.05, 3.63) is 81.9 Å². The number of carbonyl (C=O) groups is 1. The maximum Gasteiger partial charge on any atom is 0.416 e. The maximum absolute atomic E-state index is 15.7. The van der Waals surface area contributed by atoms with Crippen molar-refractivity contribution >= 4 is 17.7 Å². The number of nitrogen functional groups attached to an aromatic ring is 1. The summed E-state index contributed by atoms with van der Waals surface area (Å²) in [5, 5.41) is 13.7. The molecule has 0 radical (unpaired) electrons. The molecular formula is C31H34F4N4O3. The van der Waals surface area contributed by atoms with Gasteiger partial charge in [-0.25, -0.2) is 9.37 Å². The molecule has 42 heavy (non-hydrogen) atoms. The summed E-state index contributed by atoms with van der Waals surface area (Å²) in [7, 11) is 1.44. The van der Waals surface area contributed by atoms with Crippen molar-refractivity contribution in [1.82, 2.24) is 10.3 Å². The van der Waals surface area contributed by atoms with Gasteiger partial charge in [-0.2, -0.15) is 13.2 Å². The van der Waals surface area contributed by atoms with Gasteiger partial charge in [-0.3, -0.25) is 4.79 Å². The average molecular weight is 587 g/mol. The zero-order valence-corrected chi connectivity index (χ0v) is 23.8. The fraction of sp³-hybridized carbons (Fsp3) is 0.355. The average Bonchev–Trinajstić information content (AvgIpc) is 3.74. The Morgan fingerprint density at radius 1 is 1.19 bits per heavy atom. The highest BCUT2D eigenvalue weighted by Gasteiger charge is 2.36. The summed E-state index contributed by atoms with van der Waals surface area (Å²) in [5.74, 6) is -1.13. The molecule has 0 spiro atoms. The normalized spacial score (nSPS) is 14.9. The van der Waals surface area contributed by atoms with E-state index in [0.717, 1.165) is 37.1 Å². The van der Waals surface area contributed by atoms with Gasteiger partial charge in [0.15, 0.2) is 5.82 Å². The molecule has 1 aliphatic rings. The Bertz CT molecular complexity index is 1500. The lowest BCUT2D eigenvalue weighted by molar-refractivity contribution is -0.137. The van der Waals surface area contributed by atoms with E-state index in [1.165, 1.54) is 33.1 Å². The van der Waals surface area contributed by atoms with Crippen molar-refractivity contribution in [3.63, 3.8) is 0 Å². The minimum absolute atomic E-state index is 0.0452. The molecule has 0 saturated heterocycles. The van der Waals surface area contributed by atoms with E-state index in [2.05, 4.69) is 10.3 Å². The van der Waals surface area contributed by atoms with Crippen LogP contribution in [0.15, 0.2) is 48.2 Å². The molecule has 1 fully saturated rings. The highest BCUT2D eigenvalue weighted by Crippen LogP contribution is 2.44. The van der Waals surface area contributed by atoms with E-state index in [-0.39, 0.29) is 40.8 Å². The number of rotatable bonds is 9. The van der Waals surface area contributed by atoms with E-state index in [4.69, 9.17) is 16.2 Å².